The summed E-state index contributed by atoms with van der Waals surface area (Å²) in [6, 6.07) is 0. The number of nitrogens with two attached hydrogens (primary N) is 1. The number of carbonyl (C=O) groups is 3. The highest BCUT2D eigenvalue weighted by atomic mass is 16.4. The third-order valence-corrected chi connectivity index (χ3v) is 3.47. The molecule has 0 aliphatic heterocycles. The van der Waals surface area contributed by atoms with Crippen LogP contribution in [0.2, 0.25) is 0 Å². The van der Waals surface area contributed by atoms with Gasteiger partial charge in [0.1, 0.15) is 17.8 Å². The summed E-state index contributed by atoms with van der Waals surface area (Å²) in [6.45, 7) is 1.76. The molecule has 12 heteroatoms. The van der Waals surface area contributed by atoms with Crippen LogP contribution in [0, 0.1) is 11.8 Å². The molecule has 0 spiro atoms. The van der Waals surface area contributed by atoms with Crippen LogP contribution in [0.25, 0.3) is 11.0 Å². The standard InChI is InChI=1S/C14H14N6O6/c1-2-20-10-8(9(15)16-6-17-10)7(19-20)4-3-5-18-14(11(21)22,12(23)24)13(25)26/h6,18H,2,5H2,1H3,(H,21,22)(H,23,24)(H,25,26)(H2,15,16,17). The van der Waals surface area contributed by atoms with Gasteiger partial charge in [-0.25, -0.2) is 29.0 Å². The molecule has 0 saturated carbocycles. The van der Waals surface area contributed by atoms with Gasteiger partial charge < -0.3 is 21.1 Å². The predicted molar refractivity (Wildman–Crippen MR) is 85.9 cm³/mol. The van der Waals surface area contributed by atoms with Gasteiger partial charge in [0.2, 0.25) is 0 Å². The van der Waals surface area contributed by atoms with Gasteiger partial charge in [0, 0.05) is 6.54 Å². The Morgan fingerprint density at radius 1 is 1.23 bits per heavy atom. The van der Waals surface area contributed by atoms with Crippen molar-refractivity contribution in [3.8, 4) is 11.8 Å². The lowest BCUT2D eigenvalue weighted by Gasteiger charge is -2.19. The number of aliphatic carboxylic acids is 3. The molecular formula is C14H14N6O6. The van der Waals surface area contributed by atoms with Crippen LogP contribution in [0.3, 0.4) is 0 Å². The molecule has 2 aromatic heterocycles. The fourth-order valence-electron chi connectivity index (χ4n) is 2.14. The van der Waals surface area contributed by atoms with Crippen molar-refractivity contribution in [2.24, 2.45) is 0 Å². The summed E-state index contributed by atoms with van der Waals surface area (Å²) >= 11 is 0. The average molecular weight is 362 g/mol. The van der Waals surface area contributed by atoms with Crippen LogP contribution in [-0.2, 0) is 20.9 Å². The van der Waals surface area contributed by atoms with Gasteiger partial charge in [-0.3, -0.25) is 5.32 Å². The normalized spacial score (nSPS) is 11.0. The largest absolute Gasteiger partial charge is 0.479 e. The SMILES string of the molecule is CCn1nc(C#CCNC(C(=O)O)(C(=O)O)C(=O)O)c2c(N)ncnc21. The van der Waals surface area contributed by atoms with Crippen LogP contribution in [0.15, 0.2) is 6.33 Å². The molecule has 26 heavy (non-hydrogen) atoms. The van der Waals surface area contributed by atoms with Crippen molar-refractivity contribution in [3.05, 3.63) is 12.0 Å². The van der Waals surface area contributed by atoms with Crippen molar-refractivity contribution >= 4 is 34.8 Å². The summed E-state index contributed by atoms with van der Waals surface area (Å²) < 4.78 is 1.53. The number of carboxylic acid groups (broad SMARTS) is 3. The highest BCUT2D eigenvalue weighted by Gasteiger charge is 2.54. The van der Waals surface area contributed by atoms with E-state index in [1.54, 1.807) is 0 Å². The maximum Gasteiger partial charge on any atom is 0.347 e. The Morgan fingerprint density at radius 3 is 2.38 bits per heavy atom. The smallest absolute Gasteiger partial charge is 0.347 e. The van der Waals surface area contributed by atoms with Crippen molar-refractivity contribution in [1.29, 1.82) is 0 Å². The molecule has 0 bridgehead atoms. The number of anilines is 1. The Morgan fingerprint density at radius 2 is 1.85 bits per heavy atom. The first-order chi connectivity index (χ1) is 12.3. The van der Waals surface area contributed by atoms with Crippen LogP contribution < -0.4 is 11.1 Å². The minimum absolute atomic E-state index is 0.142. The van der Waals surface area contributed by atoms with Gasteiger partial charge in [0.05, 0.1) is 11.9 Å². The van der Waals surface area contributed by atoms with Crippen molar-refractivity contribution in [2.45, 2.75) is 19.0 Å². The zero-order chi connectivity index (χ0) is 19.5. The second-order valence-electron chi connectivity index (χ2n) is 4.94. The molecule has 0 radical (unpaired) electrons. The predicted octanol–water partition coefficient (Wildman–Crippen LogP) is -1.64. The van der Waals surface area contributed by atoms with Crippen LogP contribution in [0.4, 0.5) is 5.82 Å². The summed E-state index contributed by atoms with van der Waals surface area (Å²) in [5.74, 6) is -1.04. The molecule has 0 aliphatic carbocycles. The van der Waals surface area contributed by atoms with Crippen molar-refractivity contribution in [3.63, 3.8) is 0 Å². The summed E-state index contributed by atoms with van der Waals surface area (Å²) in [6.07, 6.45) is 1.27. The number of hydrogen-bond donors (Lipinski definition) is 5. The van der Waals surface area contributed by atoms with Crippen molar-refractivity contribution < 1.29 is 29.7 Å². The molecule has 0 aromatic carbocycles. The summed E-state index contributed by atoms with van der Waals surface area (Å²) in [7, 11) is 0. The van der Waals surface area contributed by atoms with Crippen LogP contribution >= 0.6 is 0 Å². The Hall–Kier alpha value is -3.72. The van der Waals surface area contributed by atoms with Gasteiger partial charge in [0.15, 0.2) is 5.65 Å². The van der Waals surface area contributed by atoms with E-state index in [1.807, 2.05) is 12.2 Å². The molecule has 2 aromatic rings. The zero-order valence-electron chi connectivity index (χ0n) is 13.4. The first-order valence-corrected chi connectivity index (χ1v) is 7.16. The molecule has 6 N–H and O–H groups in total. The van der Waals surface area contributed by atoms with E-state index in [9.17, 15) is 14.4 Å². The van der Waals surface area contributed by atoms with E-state index in [2.05, 4.69) is 26.9 Å². The lowest BCUT2D eigenvalue weighted by Crippen LogP contribution is -2.63. The number of carboxylic acids is 3. The van der Waals surface area contributed by atoms with Gasteiger partial charge in [-0.2, -0.15) is 5.10 Å². The fourth-order valence-corrected chi connectivity index (χ4v) is 2.14. The Labute approximate surface area is 145 Å². The number of rotatable bonds is 6. The number of nitrogen functional groups attached to an aromatic ring is 1. The van der Waals surface area contributed by atoms with E-state index in [0.29, 0.717) is 17.6 Å². The number of aromatic nitrogens is 4. The summed E-state index contributed by atoms with van der Waals surface area (Å²) in [5, 5.41) is 33.4. The third kappa shape index (κ3) is 2.98. The molecule has 0 amide bonds. The molecule has 136 valence electrons. The van der Waals surface area contributed by atoms with E-state index in [-0.39, 0.29) is 11.5 Å². The molecule has 2 rings (SSSR count). The summed E-state index contributed by atoms with van der Waals surface area (Å²) in [5.41, 5.74) is 3.24. The van der Waals surface area contributed by atoms with Gasteiger partial charge in [-0.1, -0.05) is 5.92 Å². The molecule has 12 nitrogen and oxygen atoms in total. The number of nitrogens with zero attached hydrogens (tertiary/aromatic N) is 4. The van der Waals surface area contributed by atoms with Gasteiger partial charge in [-0.05, 0) is 12.8 Å². The van der Waals surface area contributed by atoms with Crippen molar-refractivity contribution in [1.82, 2.24) is 25.1 Å². The van der Waals surface area contributed by atoms with Crippen LogP contribution in [0.1, 0.15) is 12.6 Å². The first kappa shape index (κ1) is 18.6. The molecule has 2 heterocycles. The molecule has 0 aliphatic rings. The second-order valence-corrected chi connectivity index (χ2v) is 4.94. The maximum absolute atomic E-state index is 11.1. The Balaban J connectivity index is 2.34. The Kier molecular flexibility index (Phi) is 5.03. The highest BCUT2D eigenvalue weighted by Crippen LogP contribution is 2.20. The van der Waals surface area contributed by atoms with E-state index >= 15 is 0 Å². The highest BCUT2D eigenvalue weighted by molar-refractivity contribution is 6.21. The lowest BCUT2D eigenvalue weighted by molar-refractivity contribution is -0.169. The number of aryl methyl sites for hydroxylation is 1. The average Bonchev–Trinajstić information content (AvgIpc) is 2.93. The van der Waals surface area contributed by atoms with Gasteiger partial charge in [0.25, 0.3) is 0 Å². The zero-order valence-corrected chi connectivity index (χ0v) is 13.4. The fraction of sp³-hybridized carbons (Fsp3) is 0.286. The van der Waals surface area contributed by atoms with Gasteiger partial charge >= 0.3 is 23.4 Å². The van der Waals surface area contributed by atoms with Crippen LogP contribution in [0.5, 0.6) is 0 Å². The quantitative estimate of drug-likeness (QED) is 0.292. The first-order valence-electron chi connectivity index (χ1n) is 7.16. The number of hydrogen-bond acceptors (Lipinski definition) is 8. The van der Waals surface area contributed by atoms with Gasteiger partial charge in [-0.15, -0.1) is 0 Å². The lowest BCUT2D eigenvalue weighted by atomic mass is 10.0. The monoisotopic (exact) mass is 362 g/mol. The maximum atomic E-state index is 11.1. The minimum Gasteiger partial charge on any atom is -0.479 e. The number of fused-ring (bicyclic) bond motifs is 1. The Bertz CT molecular complexity index is 920. The third-order valence-electron chi connectivity index (χ3n) is 3.47. The molecule has 0 saturated heterocycles. The van der Waals surface area contributed by atoms with E-state index < -0.39 is 30.0 Å². The molecule has 0 unspecified atom stereocenters. The molecule has 0 fully saturated rings. The van der Waals surface area contributed by atoms with Crippen molar-refractivity contribution in [2.75, 3.05) is 12.3 Å². The van der Waals surface area contributed by atoms with Crippen LogP contribution in [-0.4, -0.2) is 65.1 Å². The van der Waals surface area contributed by atoms with E-state index in [0.717, 1.165) is 0 Å². The van der Waals surface area contributed by atoms with E-state index in [4.69, 9.17) is 21.1 Å². The number of nitrogens with one attached hydrogen (secondary N) is 1. The topological polar surface area (TPSA) is 194 Å². The summed E-state index contributed by atoms with van der Waals surface area (Å²) in [4.78, 5) is 41.2. The second kappa shape index (κ2) is 7.03. The minimum atomic E-state index is -3.21. The molecular weight excluding hydrogens is 348 g/mol. The van der Waals surface area contributed by atoms with E-state index in [1.165, 1.54) is 11.0 Å². The molecule has 0 atom stereocenters.